The highest BCUT2D eigenvalue weighted by molar-refractivity contribution is 7.98. The van der Waals surface area contributed by atoms with Gasteiger partial charge in [0.1, 0.15) is 18.6 Å². The molecule has 0 amide bonds. The van der Waals surface area contributed by atoms with Crippen LogP contribution in [0.2, 0.25) is 5.15 Å². The molecule has 0 radical (unpaired) electrons. The Morgan fingerprint density at radius 3 is 2.85 bits per heavy atom. The molecule has 178 valence electrons. The summed E-state index contributed by atoms with van der Waals surface area (Å²) in [7, 11) is 0. The Balaban J connectivity index is 1.41. The zero-order valence-corrected chi connectivity index (χ0v) is 20.9. The third-order valence-corrected chi connectivity index (χ3v) is 6.72. The van der Waals surface area contributed by atoms with Crippen molar-refractivity contribution >= 4 is 34.4 Å². The van der Waals surface area contributed by atoms with E-state index in [1.54, 1.807) is 0 Å². The average molecular weight is 491 g/mol. The minimum absolute atomic E-state index is 0.0875. The van der Waals surface area contributed by atoms with E-state index in [-0.39, 0.29) is 6.10 Å². The summed E-state index contributed by atoms with van der Waals surface area (Å²) in [4.78, 5) is 8.67. The van der Waals surface area contributed by atoms with Gasteiger partial charge in [0.2, 0.25) is 0 Å². The number of ether oxygens (including phenoxy) is 3. The summed E-state index contributed by atoms with van der Waals surface area (Å²) < 4.78 is 19.8. The van der Waals surface area contributed by atoms with E-state index in [2.05, 4.69) is 21.5 Å². The molecule has 2 atom stereocenters. The van der Waals surface area contributed by atoms with Crippen LogP contribution in [0.3, 0.4) is 0 Å². The Bertz CT molecular complexity index is 1050. The maximum Gasteiger partial charge on any atom is 0.163 e. The molecule has 3 aromatic rings. The highest BCUT2D eigenvalue weighted by Crippen LogP contribution is 2.29. The number of halogens is 1. The molecule has 1 aliphatic heterocycles. The third-order valence-electron chi connectivity index (χ3n) is 5.68. The van der Waals surface area contributed by atoms with Crippen molar-refractivity contribution in [1.82, 2.24) is 19.9 Å². The van der Waals surface area contributed by atoms with E-state index >= 15 is 0 Å². The number of rotatable bonds is 11. The van der Waals surface area contributed by atoms with Crippen molar-refractivity contribution in [3.8, 4) is 0 Å². The molecule has 2 unspecified atom stereocenters. The molecular formula is C24H31ClN4O3S. The van der Waals surface area contributed by atoms with Gasteiger partial charge in [0.25, 0.3) is 0 Å². The molecule has 3 heterocycles. The van der Waals surface area contributed by atoms with E-state index in [9.17, 15) is 0 Å². The van der Waals surface area contributed by atoms with Crippen molar-refractivity contribution < 1.29 is 14.2 Å². The van der Waals surface area contributed by atoms with Crippen LogP contribution in [0.25, 0.3) is 11.0 Å². The normalized spacial score (nSPS) is 18.7. The molecule has 2 aromatic heterocycles. The Hall–Kier alpha value is -1.68. The standard InChI is InChI=1S/C24H31ClN4O3S/c1-24(2)31-13-20(32-24)19(14-33-3)10-26-9-18-11-29(22-21(18)27-15-28-23(22)25)16-30-12-17-7-5-4-6-8-17/h4-8,11,15,19-20,26H,9-10,12-14,16H2,1-3H3. The van der Waals surface area contributed by atoms with Gasteiger partial charge < -0.3 is 24.1 Å². The first-order valence-corrected chi connectivity index (χ1v) is 12.9. The van der Waals surface area contributed by atoms with Gasteiger partial charge in [-0.1, -0.05) is 41.9 Å². The number of fused-ring (bicyclic) bond motifs is 1. The first-order chi connectivity index (χ1) is 16.0. The lowest BCUT2D eigenvalue weighted by atomic mass is 10.1. The van der Waals surface area contributed by atoms with Gasteiger partial charge in [-0.2, -0.15) is 11.8 Å². The van der Waals surface area contributed by atoms with Crippen molar-refractivity contribution in [1.29, 1.82) is 0 Å². The fourth-order valence-corrected chi connectivity index (χ4v) is 5.08. The number of hydrogen-bond donors (Lipinski definition) is 1. The predicted octanol–water partition coefficient (Wildman–Crippen LogP) is 4.48. The summed E-state index contributed by atoms with van der Waals surface area (Å²) in [5.41, 5.74) is 3.82. The zero-order valence-electron chi connectivity index (χ0n) is 19.3. The van der Waals surface area contributed by atoms with Crippen LogP contribution in [-0.2, 0) is 34.1 Å². The molecule has 9 heteroatoms. The van der Waals surface area contributed by atoms with Gasteiger partial charge in [-0.3, -0.25) is 0 Å². The van der Waals surface area contributed by atoms with Crippen LogP contribution >= 0.6 is 23.4 Å². The molecule has 1 aliphatic rings. The molecule has 0 saturated carbocycles. The maximum atomic E-state index is 6.43. The van der Waals surface area contributed by atoms with E-state index in [0.717, 1.165) is 34.5 Å². The van der Waals surface area contributed by atoms with Gasteiger partial charge in [-0.15, -0.1) is 0 Å². The minimum atomic E-state index is -0.512. The first kappa shape index (κ1) is 24.4. The molecule has 0 aliphatic carbocycles. The Kier molecular flexibility index (Phi) is 8.27. The van der Waals surface area contributed by atoms with E-state index in [0.29, 0.717) is 37.6 Å². The lowest BCUT2D eigenvalue weighted by molar-refractivity contribution is -0.143. The summed E-state index contributed by atoms with van der Waals surface area (Å²) in [6, 6.07) is 10.1. The monoisotopic (exact) mass is 490 g/mol. The SMILES string of the molecule is CSCC(CNCc1cn(COCc2ccccc2)c2c(Cl)ncnc12)C1COC(C)(C)O1. The summed E-state index contributed by atoms with van der Waals surface area (Å²) in [6.07, 6.45) is 5.76. The summed E-state index contributed by atoms with van der Waals surface area (Å²) in [5, 5.41) is 4.02. The molecule has 1 N–H and O–H groups in total. The fourth-order valence-electron chi connectivity index (χ4n) is 4.08. The zero-order chi connectivity index (χ0) is 23.3. The highest BCUT2D eigenvalue weighted by Gasteiger charge is 2.37. The molecule has 33 heavy (non-hydrogen) atoms. The first-order valence-electron chi connectivity index (χ1n) is 11.1. The second-order valence-corrected chi connectivity index (χ2v) is 9.93. The summed E-state index contributed by atoms with van der Waals surface area (Å²) in [5.74, 6) is 0.838. The molecule has 1 aromatic carbocycles. The maximum absolute atomic E-state index is 6.43. The molecule has 1 saturated heterocycles. The Morgan fingerprint density at radius 1 is 1.30 bits per heavy atom. The van der Waals surface area contributed by atoms with Crippen LogP contribution in [0.1, 0.15) is 25.0 Å². The number of nitrogens with one attached hydrogen (secondary N) is 1. The summed E-state index contributed by atoms with van der Waals surface area (Å²) in [6.45, 7) is 6.94. The number of nitrogens with zero attached hydrogens (tertiary/aromatic N) is 3. The highest BCUT2D eigenvalue weighted by atomic mass is 35.5. The number of thioether (sulfide) groups is 1. The van der Waals surface area contributed by atoms with E-state index in [1.165, 1.54) is 6.33 Å². The van der Waals surface area contributed by atoms with Crippen molar-refractivity contribution in [3.05, 3.63) is 59.1 Å². The van der Waals surface area contributed by atoms with Gasteiger partial charge in [-0.25, -0.2) is 9.97 Å². The van der Waals surface area contributed by atoms with Crippen LogP contribution in [0.5, 0.6) is 0 Å². The van der Waals surface area contributed by atoms with E-state index in [4.69, 9.17) is 25.8 Å². The molecular weight excluding hydrogens is 460 g/mol. The van der Waals surface area contributed by atoms with Crippen LogP contribution in [0.15, 0.2) is 42.9 Å². The van der Waals surface area contributed by atoms with Crippen molar-refractivity contribution in [2.75, 3.05) is 25.2 Å². The number of aromatic nitrogens is 3. The van der Waals surface area contributed by atoms with Gasteiger partial charge in [0, 0.05) is 30.8 Å². The minimum Gasteiger partial charge on any atom is -0.356 e. The Morgan fingerprint density at radius 2 is 2.12 bits per heavy atom. The molecule has 4 rings (SSSR count). The van der Waals surface area contributed by atoms with Crippen molar-refractivity contribution in [2.45, 2.75) is 45.6 Å². The molecule has 0 bridgehead atoms. The second kappa shape index (κ2) is 11.2. The topological polar surface area (TPSA) is 70.4 Å². The number of benzene rings is 1. The van der Waals surface area contributed by atoms with Gasteiger partial charge in [-0.05, 0) is 31.4 Å². The predicted molar refractivity (Wildman–Crippen MR) is 132 cm³/mol. The summed E-state index contributed by atoms with van der Waals surface area (Å²) >= 11 is 8.25. The van der Waals surface area contributed by atoms with E-state index in [1.807, 2.05) is 66.7 Å². The van der Waals surface area contributed by atoms with Crippen molar-refractivity contribution in [3.63, 3.8) is 0 Å². The largest absolute Gasteiger partial charge is 0.356 e. The van der Waals surface area contributed by atoms with Crippen LogP contribution in [0.4, 0.5) is 0 Å². The lowest BCUT2D eigenvalue weighted by Crippen LogP contribution is -2.35. The van der Waals surface area contributed by atoms with Crippen molar-refractivity contribution in [2.24, 2.45) is 5.92 Å². The van der Waals surface area contributed by atoms with Crippen LogP contribution < -0.4 is 5.32 Å². The van der Waals surface area contributed by atoms with Crippen LogP contribution in [-0.4, -0.2) is 51.6 Å². The van der Waals surface area contributed by atoms with Gasteiger partial charge in [0.05, 0.1) is 24.8 Å². The molecule has 7 nitrogen and oxygen atoms in total. The smallest absolute Gasteiger partial charge is 0.163 e. The van der Waals surface area contributed by atoms with Crippen LogP contribution in [0, 0.1) is 5.92 Å². The Labute approximate surface area is 204 Å². The number of hydrogen-bond acceptors (Lipinski definition) is 7. The van der Waals surface area contributed by atoms with Gasteiger partial charge in [0.15, 0.2) is 10.9 Å². The average Bonchev–Trinajstić information content (AvgIpc) is 3.34. The molecule has 0 spiro atoms. The molecule has 1 fully saturated rings. The van der Waals surface area contributed by atoms with E-state index < -0.39 is 5.79 Å². The lowest BCUT2D eigenvalue weighted by Gasteiger charge is -2.24. The van der Waals surface area contributed by atoms with Gasteiger partial charge >= 0.3 is 0 Å². The quantitative estimate of drug-likeness (QED) is 0.397. The third kappa shape index (κ3) is 6.26. The second-order valence-electron chi connectivity index (χ2n) is 8.66. The fraction of sp³-hybridized carbons (Fsp3) is 0.500.